The Morgan fingerprint density at radius 3 is 1.93 bits per heavy atom. The molecule has 4 aromatic carbocycles. The molecule has 10 atom stereocenters. The first-order chi connectivity index (χ1) is 27.0. The van der Waals surface area contributed by atoms with Gasteiger partial charge in [-0.3, -0.25) is 9.59 Å². The average molecular weight is 752 g/mol. The molecule has 290 valence electrons. The van der Waals surface area contributed by atoms with E-state index in [0.717, 1.165) is 22.3 Å². The van der Waals surface area contributed by atoms with Gasteiger partial charge in [0.1, 0.15) is 36.6 Å². The molecule has 0 bridgehead atoms. The third-order valence-electron chi connectivity index (χ3n) is 10.2. The lowest BCUT2D eigenvalue weighted by Crippen LogP contribution is -2.67. The largest absolute Gasteiger partial charge is 0.374 e. The van der Waals surface area contributed by atoms with Gasteiger partial charge in [0.25, 0.3) is 0 Å². The van der Waals surface area contributed by atoms with Crippen molar-refractivity contribution in [3.8, 4) is 0 Å². The predicted molar refractivity (Wildman–Crippen MR) is 201 cm³/mol. The monoisotopic (exact) mass is 751 g/mol. The van der Waals surface area contributed by atoms with E-state index < -0.39 is 55.2 Å². The molecule has 2 aliphatic heterocycles. The first-order valence-corrected chi connectivity index (χ1v) is 18.9. The van der Waals surface area contributed by atoms with Crippen molar-refractivity contribution in [2.75, 3.05) is 20.3 Å². The van der Waals surface area contributed by atoms with Gasteiger partial charge in [-0.1, -0.05) is 121 Å². The minimum atomic E-state index is -0.946. The minimum Gasteiger partial charge on any atom is -0.374 e. The molecule has 0 unspecified atom stereocenters. The third kappa shape index (κ3) is 9.93. The molecule has 55 heavy (non-hydrogen) atoms. The summed E-state index contributed by atoms with van der Waals surface area (Å²) >= 11 is 0. The van der Waals surface area contributed by atoms with Gasteiger partial charge < -0.3 is 43.2 Å². The number of fused-ring (bicyclic) bond motifs is 1. The number of amides is 1. The quantitative estimate of drug-likeness (QED) is 0.162. The van der Waals surface area contributed by atoms with Crippen molar-refractivity contribution in [3.63, 3.8) is 0 Å². The summed E-state index contributed by atoms with van der Waals surface area (Å²) in [6, 6.07) is 38.2. The molecule has 3 aliphatic rings. The maximum absolute atomic E-state index is 14.7. The third-order valence-corrected chi connectivity index (χ3v) is 10.2. The molecule has 1 saturated carbocycles. The molecule has 2 heterocycles. The lowest BCUT2D eigenvalue weighted by molar-refractivity contribution is -0.300. The normalized spacial score (nSPS) is 29.3. The van der Waals surface area contributed by atoms with E-state index in [4.69, 9.17) is 37.9 Å². The van der Waals surface area contributed by atoms with Crippen LogP contribution in [0.3, 0.4) is 0 Å². The maximum atomic E-state index is 14.7. The van der Waals surface area contributed by atoms with Crippen molar-refractivity contribution in [3.05, 3.63) is 144 Å². The van der Waals surface area contributed by atoms with Gasteiger partial charge in [0.05, 0.1) is 39.1 Å². The zero-order chi connectivity index (χ0) is 38.0. The molecule has 1 aliphatic carbocycles. The lowest BCUT2D eigenvalue weighted by Gasteiger charge is -2.49. The molecule has 1 amide bonds. The van der Waals surface area contributed by atoms with E-state index in [2.05, 4.69) is 5.32 Å². The molecule has 0 radical (unpaired) electrons. The van der Waals surface area contributed by atoms with Gasteiger partial charge in [-0.05, 0) is 23.1 Å². The summed E-state index contributed by atoms with van der Waals surface area (Å²) in [6.45, 7) is 2.61. The van der Waals surface area contributed by atoms with E-state index >= 15 is 0 Å². The van der Waals surface area contributed by atoms with Crippen LogP contribution in [-0.4, -0.2) is 81.0 Å². The Labute approximate surface area is 322 Å². The van der Waals surface area contributed by atoms with E-state index in [1.54, 1.807) is 0 Å². The second-order valence-electron chi connectivity index (χ2n) is 14.1. The summed E-state index contributed by atoms with van der Waals surface area (Å²) in [5.41, 5.74) is 3.71. The van der Waals surface area contributed by atoms with Gasteiger partial charge in [-0.2, -0.15) is 0 Å². The first-order valence-electron chi connectivity index (χ1n) is 18.9. The Kier molecular flexibility index (Phi) is 13.5. The van der Waals surface area contributed by atoms with Gasteiger partial charge in [0.15, 0.2) is 18.4 Å². The van der Waals surface area contributed by atoms with Gasteiger partial charge in [0.2, 0.25) is 5.91 Å². The van der Waals surface area contributed by atoms with Gasteiger partial charge in [0, 0.05) is 25.5 Å². The number of ketones is 1. The Morgan fingerprint density at radius 2 is 1.33 bits per heavy atom. The van der Waals surface area contributed by atoms with Crippen molar-refractivity contribution in [2.45, 2.75) is 88.4 Å². The van der Waals surface area contributed by atoms with Gasteiger partial charge in [-0.25, -0.2) is 0 Å². The highest BCUT2D eigenvalue weighted by Gasteiger charge is 2.54. The zero-order valence-electron chi connectivity index (χ0n) is 31.1. The van der Waals surface area contributed by atoms with E-state index in [1.807, 2.05) is 121 Å². The van der Waals surface area contributed by atoms with Crippen LogP contribution in [-0.2, 0) is 67.3 Å². The fourth-order valence-electron chi connectivity index (χ4n) is 7.51. The summed E-state index contributed by atoms with van der Waals surface area (Å²) in [7, 11) is 1.52. The maximum Gasteiger partial charge on any atom is 0.217 e. The second-order valence-corrected chi connectivity index (χ2v) is 14.1. The smallest absolute Gasteiger partial charge is 0.217 e. The molecule has 11 nitrogen and oxygen atoms in total. The highest BCUT2D eigenvalue weighted by atomic mass is 16.7. The number of hydrogen-bond donors (Lipinski definition) is 1. The van der Waals surface area contributed by atoms with Crippen molar-refractivity contribution in [1.29, 1.82) is 0 Å². The van der Waals surface area contributed by atoms with Gasteiger partial charge >= 0.3 is 0 Å². The summed E-state index contributed by atoms with van der Waals surface area (Å²) < 4.78 is 51.4. The van der Waals surface area contributed by atoms with Crippen molar-refractivity contribution in [1.82, 2.24) is 5.32 Å². The molecule has 3 fully saturated rings. The Balaban J connectivity index is 1.18. The minimum absolute atomic E-state index is 0.100. The van der Waals surface area contributed by atoms with Crippen LogP contribution in [0, 0.1) is 5.92 Å². The molecule has 0 aromatic heterocycles. The molecule has 7 rings (SSSR count). The Bertz CT molecular complexity index is 1780. The topological polar surface area (TPSA) is 120 Å². The average Bonchev–Trinajstić information content (AvgIpc) is 3.22. The number of ether oxygens (including phenoxy) is 8. The molecular formula is C44H49NO10. The van der Waals surface area contributed by atoms with Crippen LogP contribution in [0.15, 0.2) is 121 Å². The number of hydrogen-bond acceptors (Lipinski definition) is 10. The molecule has 2 saturated heterocycles. The van der Waals surface area contributed by atoms with Crippen molar-refractivity contribution >= 4 is 11.7 Å². The molecule has 4 aromatic rings. The summed E-state index contributed by atoms with van der Waals surface area (Å²) in [6.07, 6.45) is -6.09. The molecule has 11 heteroatoms. The highest BCUT2D eigenvalue weighted by Crippen LogP contribution is 2.40. The molecule has 0 spiro atoms. The number of rotatable bonds is 15. The number of carbonyl (C=O) groups is 2. The second kappa shape index (κ2) is 19.0. The summed E-state index contributed by atoms with van der Waals surface area (Å²) in [5, 5.41) is 2.98. The Morgan fingerprint density at radius 1 is 0.745 bits per heavy atom. The highest BCUT2D eigenvalue weighted by molar-refractivity contribution is 5.89. The lowest BCUT2D eigenvalue weighted by atomic mass is 9.80. The van der Waals surface area contributed by atoms with E-state index in [-0.39, 0.29) is 37.4 Å². The Hall–Kier alpha value is -4.30. The van der Waals surface area contributed by atoms with Crippen molar-refractivity contribution < 1.29 is 47.5 Å². The number of Topliss-reactive ketones (excluding diaryl/α,β-unsaturated/α-hetero) is 1. The van der Waals surface area contributed by atoms with Crippen LogP contribution >= 0.6 is 0 Å². The van der Waals surface area contributed by atoms with Crippen LogP contribution in [0.5, 0.6) is 0 Å². The van der Waals surface area contributed by atoms with Crippen LogP contribution < -0.4 is 5.32 Å². The van der Waals surface area contributed by atoms with E-state index in [9.17, 15) is 9.59 Å². The van der Waals surface area contributed by atoms with Gasteiger partial charge in [-0.15, -0.1) is 0 Å². The fraction of sp³-hybridized carbons (Fsp3) is 0.409. The molecule has 1 N–H and O–H groups in total. The number of nitrogens with one attached hydrogen (secondary N) is 1. The van der Waals surface area contributed by atoms with Crippen LogP contribution in [0.4, 0.5) is 0 Å². The predicted octanol–water partition coefficient (Wildman–Crippen LogP) is 5.71. The SMILES string of the molecule is CO[C@@H]1O[C@H](COCc2ccccc2)[C@@H](O[C@@H]2C[C@@H]3CO[C@@H](c4ccccc4)O[C@H]3[C@H](OCc3ccccc3)C2=O)[C@H](OCc2ccccc2)[C@H]1NC(C)=O. The number of methoxy groups -OCH3 is 1. The van der Waals surface area contributed by atoms with Crippen LogP contribution in [0.1, 0.15) is 41.9 Å². The van der Waals surface area contributed by atoms with Crippen molar-refractivity contribution in [2.24, 2.45) is 5.92 Å². The molecular weight excluding hydrogens is 702 g/mol. The number of benzene rings is 4. The standard InChI is InChI=1S/C44H49NO10/c1-29(46)45-37-41(50-25-31-17-9-4-10-18-31)40(36(54-44(37)48-2)28-49-24-30-15-7-3-8-16-30)53-35-23-34-27-52-43(33-21-13-6-14-22-33)55-39(34)42(38(35)47)51-26-32-19-11-5-12-20-32/h3-22,34-37,39-44H,23-28H2,1-2H3,(H,45,46)/t34-,35-,36-,37-,39-,40-,41-,42-,43-,44-/m1/s1. The van der Waals surface area contributed by atoms with E-state index in [0.29, 0.717) is 19.6 Å². The fourth-order valence-corrected chi connectivity index (χ4v) is 7.51. The first kappa shape index (κ1) is 39.0. The zero-order valence-corrected chi connectivity index (χ0v) is 31.1. The summed E-state index contributed by atoms with van der Waals surface area (Å²) in [4.78, 5) is 27.3. The summed E-state index contributed by atoms with van der Waals surface area (Å²) in [5.74, 6) is -0.763. The van der Waals surface area contributed by atoms with E-state index in [1.165, 1.54) is 14.0 Å². The van der Waals surface area contributed by atoms with Crippen LogP contribution in [0.2, 0.25) is 0 Å². The van der Waals surface area contributed by atoms with Crippen LogP contribution in [0.25, 0.3) is 0 Å². The number of carbonyl (C=O) groups excluding carboxylic acids is 2.